The Morgan fingerprint density at radius 2 is 1.87 bits per heavy atom. The van der Waals surface area contributed by atoms with Gasteiger partial charge in [-0.2, -0.15) is 18.4 Å². The lowest BCUT2D eigenvalue weighted by molar-refractivity contribution is -0.141. The lowest BCUT2D eigenvalue weighted by Gasteiger charge is -2.31. The van der Waals surface area contributed by atoms with Crippen molar-refractivity contribution in [1.29, 1.82) is 5.26 Å². The van der Waals surface area contributed by atoms with Crippen LogP contribution in [-0.4, -0.2) is 23.7 Å². The van der Waals surface area contributed by atoms with Crippen LogP contribution in [0, 0.1) is 11.3 Å². The highest BCUT2D eigenvalue weighted by atomic mass is 19.4. The molecule has 7 heteroatoms. The normalized spacial score (nSPS) is 18.3. The number of rotatable bonds is 4. The number of alkyl halides is 3. The number of methoxy groups -OCH3 is 1. The molecule has 0 N–H and O–H groups in total. The molecule has 0 unspecified atom stereocenters. The minimum absolute atomic E-state index is 0.365. The van der Waals surface area contributed by atoms with E-state index in [0.717, 1.165) is 68.7 Å². The van der Waals surface area contributed by atoms with Gasteiger partial charge in [0, 0.05) is 30.0 Å². The first-order valence-corrected chi connectivity index (χ1v) is 10.9. The van der Waals surface area contributed by atoms with Crippen molar-refractivity contribution in [2.45, 2.75) is 69.4 Å². The number of hydrogen-bond donors (Lipinski definition) is 0. The second-order valence-electron chi connectivity index (χ2n) is 8.66. The Kier molecular flexibility index (Phi) is 6.02. The first kappa shape index (κ1) is 21.8. The maximum atomic E-state index is 13.4. The minimum atomic E-state index is -4.54. The van der Waals surface area contributed by atoms with E-state index in [2.05, 4.69) is 11.1 Å². The van der Waals surface area contributed by atoms with Crippen molar-refractivity contribution < 1.29 is 17.9 Å². The molecule has 0 aliphatic heterocycles. The third kappa shape index (κ3) is 4.06. The molecule has 0 spiro atoms. The lowest BCUT2D eigenvalue weighted by atomic mass is 9.78. The highest BCUT2D eigenvalue weighted by Gasteiger charge is 2.41. The van der Waals surface area contributed by atoms with Gasteiger partial charge in [0.2, 0.25) is 0 Å². The summed E-state index contributed by atoms with van der Waals surface area (Å²) < 4.78 is 45.8. The van der Waals surface area contributed by atoms with Crippen LogP contribution in [0.5, 0.6) is 0 Å². The summed E-state index contributed by atoms with van der Waals surface area (Å²) in [5.41, 5.74) is 2.65. The molecule has 0 bridgehead atoms. The zero-order valence-corrected chi connectivity index (χ0v) is 17.7. The largest absolute Gasteiger partial charge is 0.433 e. The predicted octanol–water partition coefficient (Wildman–Crippen LogP) is 5.76. The van der Waals surface area contributed by atoms with Crippen LogP contribution in [0.15, 0.2) is 18.3 Å². The fourth-order valence-corrected chi connectivity index (χ4v) is 5.25. The molecule has 1 fully saturated rings. The molecule has 2 aliphatic rings. The smallest absolute Gasteiger partial charge is 0.384 e. The number of fused-ring (bicyclic) bond motifs is 1. The van der Waals surface area contributed by atoms with Crippen molar-refractivity contribution in [3.8, 4) is 17.2 Å². The molecule has 2 aliphatic carbocycles. The summed E-state index contributed by atoms with van der Waals surface area (Å²) in [4.78, 5) is 8.56. The zero-order chi connectivity index (χ0) is 22.1. The van der Waals surface area contributed by atoms with Crippen LogP contribution in [0.2, 0.25) is 0 Å². The number of pyridine rings is 2. The first-order valence-electron chi connectivity index (χ1n) is 10.9. The monoisotopic (exact) mass is 429 g/mol. The summed E-state index contributed by atoms with van der Waals surface area (Å²) in [7, 11) is 1.65. The number of ether oxygens (including phenoxy) is 1. The molecule has 0 aromatic carbocycles. The van der Waals surface area contributed by atoms with Gasteiger partial charge in [-0.3, -0.25) is 9.97 Å². The van der Waals surface area contributed by atoms with Crippen LogP contribution in [0.3, 0.4) is 0 Å². The van der Waals surface area contributed by atoms with Gasteiger partial charge in [-0.1, -0.05) is 19.3 Å². The average Bonchev–Trinajstić information content (AvgIpc) is 3.10. The molecule has 31 heavy (non-hydrogen) atoms. The van der Waals surface area contributed by atoms with Crippen LogP contribution in [0.4, 0.5) is 13.2 Å². The summed E-state index contributed by atoms with van der Waals surface area (Å²) in [5.74, 6) is 0. The van der Waals surface area contributed by atoms with E-state index in [1.807, 2.05) is 0 Å². The van der Waals surface area contributed by atoms with Crippen molar-refractivity contribution in [3.63, 3.8) is 0 Å². The molecule has 0 amide bonds. The summed E-state index contributed by atoms with van der Waals surface area (Å²) in [6, 6.07) is 4.99. The number of aromatic nitrogens is 2. The van der Waals surface area contributed by atoms with Gasteiger partial charge in [-0.25, -0.2) is 0 Å². The van der Waals surface area contributed by atoms with Gasteiger partial charge in [0.15, 0.2) is 0 Å². The van der Waals surface area contributed by atoms with Gasteiger partial charge < -0.3 is 4.74 Å². The van der Waals surface area contributed by atoms with Crippen molar-refractivity contribution in [2.75, 3.05) is 13.7 Å². The van der Waals surface area contributed by atoms with Crippen LogP contribution < -0.4 is 0 Å². The number of aryl methyl sites for hydroxylation is 1. The quantitative estimate of drug-likeness (QED) is 0.580. The molecule has 0 saturated heterocycles. The first-order chi connectivity index (χ1) is 14.9. The summed E-state index contributed by atoms with van der Waals surface area (Å²) >= 11 is 0. The number of nitrogens with zero attached hydrogens (tertiary/aromatic N) is 3. The van der Waals surface area contributed by atoms with Gasteiger partial charge in [-0.05, 0) is 61.8 Å². The fraction of sp³-hybridized carbons (Fsp3) is 0.542. The third-order valence-corrected chi connectivity index (χ3v) is 6.66. The third-order valence-electron chi connectivity index (χ3n) is 6.66. The molecular formula is C24H26F3N3O. The average molecular weight is 429 g/mol. The highest BCUT2D eigenvalue weighted by molar-refractivity contribution is 5.76. The number of halogens is 3. The second kappa shape index (κ2) is 8.58. The summed E-state index contributed by atoms with van der Waals surface area (Å²) in [6.45, 7) is 0.455. The molecule has 4 rings (SSSR count). The molecular weight excluding hydrogens is 403 g/mol. The van der Waals surface area contributed by atoms with Crippen LogP contribution >= 0.6 is 0 Å². The van der Waals surface area contributed by atoms with E-state index in [0.29, 0.717) is 35.4 Å². The fourth-order valence-electron chi connectivity index (χ4n) is 5.25. The van der Waals surface area contributed by atoms with E-state index >= 15 is 0 Å². The van der Waals surface area contributed by atoms with Crippen molar-refractivity contribution in [3.05, 3.63) is 46.5 Å². The summed E-state index contributed by atoms with van der Waals surface area (Å²) in [5, 5.41) is 10.2. The molecule has 1 saturated carbocycles. The van der Waals surface area contributed by atoms with Crippen LogP contribution in [0.25, 0.3) is 11.1 Å². The van der Waals surface area contributed by atoms with Crippen LogP contribution in [-0.2, 0) is 29.2 Å². The molecule has 4 nitrogen and oxygen atoms in total. The van der Waals surface area contributed by atoms with Crippen LogP contribution in [0.1, 0.15) is 73.2 Å². The Balaban J connectivity index is 2.01. The maximum absolute atomic E-state index is 13.4. The Morgan fingerprint density at radius 1 is 1.13 bits per heavy atom. The van der Waals surface area contributed by atoms with Crippen molar-refractivity contribution in [2.24, 2.45) is 0 Å². The predicted molar refractivity (Wildman–Crippen MR) is 110 cm³/mol. The standard InChI is InChI=1S/C24H26F3N3O/c1-31-15-23(10-5-6-11-23)22-18(14-28)21(17-7-3-2-4-8-19(17)30-22)16-9-12-29-20(13-16)24(25,26)27/h9,12-13H,2-8,10-11,15H2,1H3. The second-order valence-corrected chi connectivity index (χ2v) is 8.66. The molecule has 2 aromatic heterocycles. The summed E-state index contributed by atoms with van der Waals surface area (Å²) in [6.07, 6.45) is 4.89. The number of hydrogen-bond acceptors (Lipinski definition) is 4. The van der Waals surface area contributed by atoms with Gasteiger partial charge in [-0.15, -0.1) is 0 Å². The molecule has 0 radical (unpaired) electrons. The van der Waals surface area contributed by atoms with E-state index in [1.54, 1.807) is 13.2 Å². The van der Waals surface area contributed by atoms with Crippen molar-refractivity contribution >= 4 is 0 Å². The lowest BCUT2D eigenvalue weighted by Crippen LogP contribution is -2.31. The Hall–Kier alpha value is -2.46. The topological polar surface area (TPSA) is 58.8 Å². The Labute approximate surface area is 180 Å². The Bertz CT molecular complexity index is 1000. The molecule has 2 aromatic rings. The molecule has 0 atom stereocenters. The number of nitriles is 1. The van der Waals surface area contributed by atoms with E-state index in [4.69, 9.17) is 9.72 Å². The van der Waals surface area contributed by atoms with Crippen molar-refractivity contribution in [1.82, 2.24) is 9.97 Å². The van der Waals surface area contributed by atoms with Gasteiger partial charge in [0.1, 0.15) is 11.8 Å². The van der Waals surface area contributed by atoms with Gasteiger partial charge in [0.25, 0.3) is 0 Å². The van der Waals surface area contributed by atoms with E-state index < -0.39 is 11.9 Å². The van der Waals surface area contributed by atoms with Gasteiger partial charge >= 0.3 is 6.18 Å². The van der Waals surface area contributed by atoms with E-state index in [9.17, 15) is 18.4 Å². The van der Waals surface area contributed by atoms with Gasteiger partial charge in [0.05, 0.1) is 17.9 Å². The minimum Gasteiger partial charge on any atom is -0.384 e. The zero-order valence-electron chi connectivity index (χ0n) is 17.7. The maximum Gasteiger partial charge on any atom is 0.433 e. The van der Waals surface area contributed by atoms with E-state index in [-0.39, 0.29) is 5.41 Å². The Morgan fingerprint density at radius 3 is 2.55 bits per heavy atom. The molecule has 2 heterocycles. The SMILES string of the molecule is COCC1(c2nc3c(c(-c4ccnc(C(F)(F)F)c4)c2C#N)CCCCC3)CCCC1. The highest BCUT2D eigenvalue weighted by Crippen LogP contribution is 2.46. The molecule has 164 valence electrons. The van der Waals surface area contributed by atoms with E-state index in [1.165, 1.54) is 6.20 Å².